The third-order valence-electron chi connectivity index (χ3n) is 6.45. The first kappa shape index (κ1) is 22.6. The first-order chi connectivity index (χ1) is 15.9. The van der Waals surface area contributed by atoms with Gasteiger partial charge in [-0.05, 0) is 44.0 Å². The standard InChI is InChI=1S/C26H29N3O4/c1-18-10-12-19(13-11-18)28-14-16-29(17-15-28)25(31)22-8-4-5-9-23(22)27-24(30)20-6-2-3-7-21(20)26(32)33/h2-5,8-13,20-21H,6-7,14-17H2,1H3,(H,27,30)(H,32,33)/p-1/t20-,21-/m1/s1. The maximum absolute atomic E-state index is 13.3. The molecule has 0 bridgehead atoms. The molecule has 7 heteroatoms. The molecule has 2 aromatic rings. The number of anilines is 2. The maximum atomic E-state index is 13.3. The fraction of sp³-hybridized carbons (Fsp3) is 0.346. The Morgan fingerprint density at radius 1 is 0.879 bits per heavy atom. The van der Waals surface area contributed by atoms with Crippen LogP contribution in [0, 0.1) is 18.8 Å². The van der Waals surface area contributed by atoms with E-state index in [1.165, 1.54) is 5.56 Å². The van der Waals surface area contributed by atoms with Crippen molar-refractivity contribution in [1.82, 2.24) is 4.90 Å². The predicted octanol–water partition coefficient (Wildman–Crippen LogP) is 2.23. The number of carboxylic acids is 1. The van der Waals surface area contributed by atoms with Crippen molar-refractivity contribution >= 4 is 29.2 Å². The van der Waals surface area contributed by atoms with Crippen molar-refractivity contribution in [2.45, 2.75) is 19.8 Å². The molecule has 172 valence electrons. The first-order valence-corrected chi connectivity index (χ1v) is 11.3. The molecule has 1 N–H and O–H groups in total. The lowest BCUT2D eigenvalue weighted by Crippen LogP contribution is -2.49. The molecule has 0 radical (unpaired) electrons. The summed E-state index contributed by atoms with van der Waals surface area (Å²) in [5.74, 6) is -3.36. The average molecular weight is 447 g/mol. The molecule has 1 aliphatic carbocycles. The second kappa shape index (κ2) is 9.90. The molecule has 1 fully saturated rings. The second-order valence-electron chi connectivity index (χ2n) is 8.62. The number of para-hydroxylation sites is 1. The molecule has 0 unspecified atom stereocenters. The molecule has 1 saturated heterocycles. The van der Waals surface area contributed by atoms with Crippen LogP contribution in [0.4, 0.5) is 11.4 Å². The van der Waals surface area contributed by atoms with Crippen molar-refractivity contribution in [1.29, 1.82) is 0 Å². The third-order valence-corrected chi connectivity index (χ3v) is 6.45. The zero-order chi connectivity index (χ0) is 23.4. The Hall–Kier alpha value is -3.61. The van der Waals surface area contributed by atoms with Crippen molar-refractivity contribution < 1.29 is 19.5 Å². The minimum atomic E-state index is -1.23. The molecular weight excluding hydrogens is 418 g/mol. The normalized spacial score (nSPS) is 20.4. The number of aryl methyl sites for hydroxylation is 1. The van der Waals surface area contributed by atoms with Crippen LogP contribution in [0.1, 0.15) is 28.8 Å². The number of nitrogens with zero attached hydrogens (tertiary/aromatic N) is 2. The highest BCUT2D eigenvalue weighted by molar-refractivity contribution is 6.04. The third kappa shape index (κ3) is 5.08. The van der Waals surface area contributed by atoms with Gasteiger partial charge in [-0.3, -0.25) is 9.59 Å². The summed E-state index contributed by atoms with van der Waals surface area (Å²) in [6.45, 7) is 4.67. The Morgan fingerprint density at radius 3 is 2.18 bits per heavy atom. The lowest BCUT2D eigenvalue weighted by Gasteiger charge is -2.36. The monoisotopic (exact) mass is 446 g/mol. The van der Waals surface area contributed by atoms with Crippen LogP contribution in [0.5, 0.6) is 0 Å². The highest BCUT2D eigenvalue weighted by Crippen LogP contribution is 2.28. The van der Waals surface area contributed by atoms with E-state index < -0.39 is 23.7 Å². The van der Waals surface area contributed by atoms with Gasteiger partial charge in [-0.1, -0.05) is 42.0 Å². The molecule has 2 aliphatic rings. The molecule has 0 spiro atoms. The van der Waals surface area contributed by atoms with Crippen LogP contribution in [0.2, 0.25) is 0 Å². The van der Waals surface area contributed by atoms with Crippen LogP contribution in [0.25, 0.3) is 0 Å². The number of benzene rings is 2. The number of allylic oxidation sites excluding steroid dienone is 2. The summed E-state index contributed by atoms with van der Waals surface area (Å²) in [6.07, 6.45) is 4.18. The predicted molar refractivity (Wildman–Crippen MR) is 125 cm³/mol. The van der Waals surface area contributed by atoms with Crippen LogP contribution in [0.15, 0.2) is 60.7 Å². The van der Waals surface area contributed by atoms with Crippen molar-refractivity contribution in [2.24, 2.45) is 11.8 Å². The van der Waals surface area contributed by atoms with E-state index in [9.17, 15) is 19.5 Å². The number of nitrogens with one attached hydrogen (secondary N) is 1. The van der Waals surface area contributed by atoms with E-state index in [2.05, 4.69) is 41.4 Å². The number of aliphatic carboxylic acids is 1. The lowest BCUT2D eigenvalue weighted by molar-refractivity contribution is -0.313. The number of amides is 2. The zero-order valence-electron chi connectivity index (χ0n) is 18.7. The maximum Gasteiger partial charge on any atom is 0.256 e. The van der Waals surface area contributed by atoms with E-state index in [0.29, 0.717) is 30.8 Å². The molecule has 0 saturated carbocycles. The van der Waals surface area contributed by atoms with E-state index in [4.69, 9.17) is 0 Å². The van der Waals surface area contributed by atoms with Crippen molar-refractivity contribution in [3.63, 3.8) is 0 Å². The van der Waals surface area contributed by atoms with E-state index in [0.717, 1.165) is 18.8 Å². The van der Waals surface area contributed by atoms with E-state index in [1.807, 2.05) is 6.08 Å². The number of carboxylic acid groups (broad SMARTS) is 1. The molecule has 2 amide bonds. The number of carbonyl (C=O) groups excluding carboxylic acids is 3. The van der Waals surface area contributed by atoms with Gasteiger partial charge in [-0.15, -0.1) is 0 Å². The van der Waals surface area contributed by atoms with E-state index in [1.54, 1.807) is 35.2 Å². The summed E-state index contributed by atoms with van der Waals surface area (Å²) >= 11 is 0. The van der Waals surface area contributed by atoms with Gasteiger partial charge in [0.2, 0.25) is 5.91 Å². The molecule has 7 nitrogen and oxygen atoms in total. The van der Waals surface area contributed by atoms with Crippen molar-refractivity contribution in [3.05, 3.63) is 71.8 Å². The van der Waals surface area contributed by atoms with E-state index >= 15 is 0 Å². The number of hydrogen-bond donors (Lipinski definition) is 1. The summed E-state index contributed by atoms with van der Waals surface area (Å²) in [5, 5.41) is 14.3. The Labute approximate surface area is 193 Å². The fourth-order valence-corrected chi connectivity index (χ4v) is 4.46. The van der Waals surface area contributed by atoms with Crippen LogP contribution in [0.3, 0.4) is 0 Å². The largest absolute Gasteiger partial charge is 0.550 e. The van der Waals surface area contributed by atoms with Gasteiger partial charge >= 0.3 is 0 Å². The molecule has 2 aromatic carbocycles. The fourth-order valence-electron chi connectivity index (χ4n) is 4.46. The van der Waals surface area contributed by atoms with Gasteiger partial charge in [0.1, 0.15) is 0 Å². The van der Waals surface area contributed by atoms with Crippen LogP contribution in [-0.4, -0.2) is 48.9 Å². The van der Waals surface area contributed by atoms with Gasteiger partial charge in [0.15, 0.2) is 0 Å². The van der Waals surface area contributed by atoms with Gasteiger partial charge < -0.3 is 25.0 Å². The molecule has 2 atom stereocenters. The Kier molecular flexibility index (Phi) is 6.77. The summed E-state index contributed by atoms with van der Waals surface area (Å²) in [6, 6.07) is 15.2. The van der Waals surface area contributed by atoms with Gasteiger partial charge in [0.05, 0.1) is 17.2 Å². The number of rotatable bonds is 5. The topological polar surface area (TPSA) is 92.8 Å². The molecule has 1 heterocycles. The summed E-state index contributed by atoms with van der Waals surface area (Å²) in [5.41, 5.74) is 3.16. The summed E-state index contributed by atoms with van der Waals surface area (Å²) < 4.78 is 0. The Morgan fingerprint density at radius 2 is 1.52 bits per heavy atom. The second-order valence-corrected chi connectivity index (χ2v) is 8.62. The van der Waals surface area contributed by atoms with Gasteiger partial charge in [-0.2, -0.15) is 0 Å². The quantitative estimate of drug-likeness (QED) is 0.711. The minimum absolute atomic E-state index is 0.144. The Bertz CT molecular complexity index is 1060. The summed E-state index contributed by atoms with van der Waals surface area (Å²) in [4.78, 5) is 41.7. The molecule has 1 aliphatic heterocycles. The summed E-state index contributed by atoms with van der Waals surface area (Å²) in [7, 11) is 0. The number of piperazine rings is 1. The van der Waals surface area contributed by atoms with Crippen LogP contribution >= 0.6 is 0 Å². The highest BCUT2D eigenvalue weighted by Gasteiger charge is 2.31. The van der Waals surface area contributed by atoms with Gasteiger partial charge in [0.25, 0.3) is 5.91 Å². The average Bonchev–Trinajstić information content (AvgIpc) is 2.84. The van der Waals surface area contributed by atoms with Gasteiger partial charge in [-0.25, -0.2) is 0 Å². The van der Waals surface area contributed by atoms with Crippen LogP contribution in [-0.2, 0) is 9.59 Å². The molecule has 4 rings (SSSR count). The molecular formula is C26H28N3O4-. The lowest BCUT2D eigenvalue weighted by atomic mass is 9.82. The highest BCUT2D eigenvalue weighted by atomic mass is 16.4. The van der Waals surface area contributed by atoms with Crippen LogP contribution < -0.4 is 15.3 Å². The van der Waals surface area contributed by atoms with Crippen molar-refractivity contribution in [3.8, 4) is 0 Å². The molecule has 33 heavy (non-hydrogen) atoms. The zero-order valence-corrected chi connectivity index (χ0v) is 18.7. The minimum Gasteiger partial charge on any atom is -0.550 e. The van der Waals surface area contributed by atoms with Crippen molar-refractivity contribution in [2.75, 3.05) is 36.4 Å². The smallest absolute Gasteiger partial charge is 0.256 e. The number of hydrogen-bond acceptors (Lipinski definition) is 5. The molecule has 0 aromatic heterocycles. The SMILES string of the molecule is Cc1ccc(N2CCN(C(=O)c3ccccc3NC(=O)[C@@H]3CC=CC[C@H]3C(=O)[O-])CC2)cc1. The van der Waals surface area contributed by atoms with E-state index in [-0.39, 0.29) is 12.3 Å². The number of carbonyl (C=O) groups is 3. The first-order valence-electron chi connectivity index (χ1n) is 11.3. The Balaban J connectivity index is 1.43. The van der Waals surface area contributed by atoms with Gasteiger partial charge in [0, 0.05) is 43.8 Å².